The Kier molecular flexibility index (Phi) is 3.70. The monoisotopic (exact) mass is 162 g/mol. The van der Waals surface area contributed by atoms with Gasteiger partial charge in [0.2, 0.25) is 0 Å². The molecular formula is C6H10O5. The second kappa shape index (κ2) is 4.05. The predicted molar refractivity (Wildman–Crippen MR) is 34.5 cm³/mol. The fourth-order valence-electron chi connectivity index (χ4n) is 0.270. The van der Waals surface area contributed by atoms with E-state index in [0.717, 1.165) is 13.8 Å². The summed E-state index contributed by atoms with van der Waals surface area (Å²) in [5.41, 5.74) is 0. The lowest BCUT2D eigenvalue weighted by Gasteiger charge is -2.05. The van der Waals surface area contributed by atoms with Crippen LogP contribution in [0.25, 0.3) is 0 Å². The molecule has 0 saturated heterocycles. The molecule has 0 heterocycles. The summed E-state index contributed by atoms with van der Waals surface area (Å²) in [6, 6.07) is 0. The molecule has 0 bridgehead atoms. The molecule has 0 spiro atoms. The molecule has 2 atom stereocenters. The maximum absolute atomic E-state index is 10.5. The summed E-state index contributed by atoms with van der Waals surface area (Å²) in [6.07, 6.45) is -2.70. The van der Waals surface area contributed by atoms with Crippen molar-refractivity contribution in [2.24, 2.45) is 0 Å². The van der Waals surface area contributed by atoms with E-state index in [1.54, 1.807) is 0 Å². The van der Waals surface area contributed by atoms with Crippen LogP contribution in [-0.2, 0) is 14.3 Å². The minimum absolute atomic E-state index is 1.06. The van der Waals surface area contributed by atoms with Gasteiger partial charge >= 0.3 is 11.9 Å². The normalized spacial score (nSPS) is 15.3. The Morgan fingerprint density at radius 1 is 1.09 bits per heavy atom. The highest BCUT2D eigenvalue weighted by molar-refractivity contribution is 5.89. The highest BCUT2D eigenvalue weighted by atomic mass is 16.6. The van der Waals surface area contributed by atoms with Crippen molar-refractivity contribution in [2.45, 2.75) is 26.1 Å². The molecule has 0 aliphatic carbocycles. The van der Waals surface area contributed by atoms with Gasteiger partial charge in [0.1, 0.15) is 12.2 Å². The molecule has 0 aliphatic heterocycles. The van der Waals surface area contributed by atoms with E-state index in [4.69, 9.17) is 10.2 Å². The molecule has 5 nitrogen and oxygen atoms in total. The zero-order chi connectivity index (χ0) is 9.02. The van der Waals surface area contributed by atoms with Crippen LogP contribution in [0.3, 0.4) is 0 Å². The molecule has 0 aromatic rings. The molecule has 0 saturated carbocycles. The Labute approximate surface area is 63.6 Å². The van der Waals surface area contributed by atoms with Crippen LogP contribution in [0.4, 0.5) is 0 Å². The van der Waals surface area contributed by atoms with Gasteiger partial charge in [-0.3, -0.25) is 0 Å². The molecule has 64 valence electrons. The third-order valence-corrected chi connectivity index (χ3v) is 0.883. The van der Waals surface area contributed by atoms with Crippen molar-refractivity contribution in [3.8, 4) is 0 Å². The van der Waals surface area contributed by atoms with Gasteiger partial charge in [0, 0.05) is 0 Å². The van der Waals surface area contributed by atoms with Crippen LogP contribution >= 0.6 is 0 Å². The molecule has 0 aromatic carbocycles. The van der Waals surface area contributed by atoms with Crippen molar-refractivity contribution in [1.82, 2.24) is 0 Å². The Morgan fingerprint density at radius 2 is 1.36 bits per heavy atom. The Hall–Kier alpha value is -0.940. The van der Waals surface area contributed by atoms with Crippen molar-refractivity contribution in [1.29, 1.82) is 0 Å². The van der Waals surface area contributed by atoms with Gasteiger partial charge in [-0.25, -0.2) is 9.59 Å². The fraction of sp³-hybridized carbons (Fsp3) is 0.667. The largest absolute Gasteiger partial charge is 0.389 e. The number of rotatable bonds is 2. The second-order valence-corrected chi connectivity index (χ2v) is 2.09. The number of ether oxygens (including phenoxy) is 1. The van der Waals surface area contributed by atoms with E-state index in [9.17, 15) is 9.59 Å². The molecule has 2 unspecified atom stereocenters. The van der Waals surface area contributed by atoms with Gasteiger partial charge in [-0.1, -0.05) is 0 Å². The number of carbonyl (C=O) groups is 2. The third kappa shape index (κ3) is 3.69. The standard InChI is InChI=1S/C6H10O5/c1-3(7)5(9)11-6(10)4(2)8/h3-4,7-8H,1-2H3. The quantitative estimate of drug-likeness (QED) is 0.394. The molecular weight excluding hydrogens is 152 g/mol. The Bertz CT molecular complexity index is 142. The van der Waals surface area contributed by atoms with Crippen LogP contribution in [0.2, 0.25) is 0 Å². The van der Waals surface area contributed by atoms with E-state index in [1.165, 1.54) is 0 Å². The van der Waals surface area contributed by atoms with Crippen molar-refractivity contribution < 1.29 is 24.5 Å². The maximum Gasteiger partial charge on any atom is 0.342 e. The molecule has 0 fully saturated rings. The first-order valence-electron chi connectivity index (χ1n) is 3.06. The summed E-state index contributed by atoms with van der Waals surface area (Å²) < 4.78 is 4.00. The van der Waals surface area contributed by atoms with Crippen LogP contribution in [0.15, 0.2) is 0 Å². The number of hydrogen-bond acceptors (Lipinski definition) is 5. The lowest BCUT2D eigenvalue weighted by atomic mass is 10.4. The van der Waals surface area contributed by atoms with Crippen molar-refractivity contribution in [3.63, 3.8) is 0 Å². The van der Waals surface area contributed by atoms with Gasteiger partial charge in [-0.15, -0.1) is 0 Å². The van der Waals surface area contributed by atoms with Crippen LogP contribution in [-0.4, -0.2) is 34.4 Å². The number of carbonyl (C=O) groups excluding carboxylic acids is 2. The summed E-state index contributed by atoms with van der Waals surface area (Å²) in [5.74, 6) is -2.12. The number of aliphatic hydroxyl groups excluding tert-OH is 2. The van der Waals surface area contributed by atoms with E-state index in [2.05, 4.69) is 4.74 Å². The van der Waals surface area contributed by atoms with Crippen molar-refractivity contribution in [2.75, 3.05) is 0 Å². The van der Waals surface area contributed by atoms with Crippen LogP contribution < -0.4 is 0 Å². The average Bonchev–Trinajstić information content (AvgIpc) is 1.87. The van der Waals surface area contributed by atoms with Crippen LogP contribution in [0, 0.1) is 0 Å². The molecule has 0 aliphatic rings. The zero-order valence-corrected chi connectivity index (χ0v) is 6.27. The first kappa shape index (κ1) is 10.1. The van der Waals surface area contributed by atoms with Crippen molar-refractivity contribution >= 4 is 11.9 Å². The first-order chi connectivity index (χ1) is 4.95. The summed E-state index contributed by atoms with van der Waals surface area (Å²) in [6.45, 7) is 2.33. The highest BCUT2D eigenvalue weighted by Crippen LogP contribution is 1.91. The van der Waals surface area contributed by atoms with E-state index in [1.807, 2.05) is 0 Å². The smallest absolute Gasteiger partial charge is 0.342 e. The topological polar surface area (TPSA) is 83.8 Å². The van der Waals surface area contributed by atoms with Gasteiger partial charge < -0.3 is 14.9 Å². The molecule has 5 heteroatoms. The third-order valence-electron chi connectivity index (χ3n) is 0.883. The number of aliphatic hydroxyl groups is 2. The Morgan fingerprint density at radius 3 is 1.55 bits per heavy atom. The van der Waals surface area contributed by atoms with Gasteiger partial charge in [0.15, 0.2) is 0 Å². The minimum Gasteiger partial charge on any atom is -0.389 e. The second-order valence-electron chi connectivity index (χ2n) is 2.09. The lowest BCUT2D eigenvalue weighted by molar-refractivity contribution is -0.170. The summed E-state index contributed by atoms with van der Waals surface area (Å²) in [7, 11) is 0. The van der Waals surface area contributed by atoms with Crippen LogP contribution in [0.1, 0.15) is 13.8 Å². The predicted octanol–water partition coefficient (Wildman–Crippen LogP) is -1.18. The van der Waals surface area contributed by atoms with Gasteiger partial charge in [0.25, 0.3) is 0 Å². The summed E-state index contributed by atoms with van der Waals surface area (Å²) >= 11 is 0. The van der Waals surface area contributed by atoms with Gasteiger partial charge in [0.05, 0.1) is 0 Å². The summed E-state index contributed by atoms with van der Waals surface area (Å²) in [4.78, 5) is 20.9. The lowest BCUT2D eigenvalue weighted by Crippen LogP contribution is -2.28. The maximum atomic E-state index is 10.5. The molecule has 2 N–H and O–H groups in total. The molecule has 0 aromatic heterocycles. The van der Waals surface area contributed by atoms with E-state index in [0.29, 0.717) is 0 Å². The van der Waals surface area contributed by atoms with E-state index < -0.39 is 24.1 Å². The molecule has 0 radical (unpaired) electrons. The Balaban J connectivity index is 3.86. The SMILES string of the molecule is CC(O)C(=O)OC(=O)C(C)O. The number of esters is 2. The number of hydrogen-bond donors (Lipinski definition) is 2. The molecule has 11 heavy (non-hydrogen) atoms. The van der Waals surface area contributed by atoms with E-state index >= 15 is 0 Å². The highest BCUT2D eigenvalue weighted by Gasteiger charge is 2.18. The van der Waals surface area contributed by atoms with Crippen molar-refractivity contribution in [3.05, 3.63) is 0 Å². The fourth-order valence-corrected chi connectivity index (χ4v) is 0.270. The van der Waals surface area contributed by atoms with Gasteiger partial charge in [-0.2, -0.15) is 0 Å². The molecule has 0 amide bonds. The summed E-state index contributed by atoms with van der Waals surface area (Å²) in [5, 5.41) is 17.1. The van der Waals surface area contributed by atoms with E-state index in [-0.39, 0.29) is 0 Å². The zero-order valence-electron chi connectivity index (χ0n) is 6.27. The van der Waals surface area contributed by atoms with Crippen LogP contribution in [0.5, 0.6) is 0 Å². The first-order valence-corrected chi connectivity index (χ1v) is 3.06. The average molecular weight is 162 g/mol. The molecule has 0 rings (SSSR count). The van der Waals surface area contributed by atoms with Gasteiger partial charge in [-0.05, 0) is 13.8 Å². The minimum atomic E-state index is -1.35.